The van der Waals surface area contributed by atoms with Crippen molar-refractivity contribution in [3.63, 3.8) is 0 Å². The quantitative estimate of drug-likeness (QED) is 0.0930. The summed E-state index contributed by atoms with van der Waals surface area (Å²) in [4.78, 5) is 33.3. The molecule has 0 aromatic heterocycles. The van der Waals surface area contributed by atoms with Crippen LogP contribution in [0.3, 0.4) is 0 Å². The second kappa shape index (κ2) is 22.9. The van der Waals surface area contributed by atoms with Gasteiger partial charge < -0.3 is 26.4 Å². The SMILES string of the molecule is CCCCCCCCCCCCCCC=CC(SCC(N)C(=O)NCC(=O)O)C(O)CCC(=O)O. The molecule has 0 aliphatic carbocycles. The van der Waals surface area contributed by atoms with Gasteiger partial charge in [0.2, 0.25) is 5.91 Å². The number of carbonyl (C=O) groups excluding carboxylic acids is 1. The number of nitrogens with two attached hydrogens (primary N) is 1. The molecule has 1 amide bonds. The summed E-state index contributed by atoms with van der Waals surface area (Å²) in [6.45, 7) is 1.74. The molecule has 9 heteroatoms. The topological polar surface area (TPSA) is 150 Å². The normalized spacial score (nSPS) is 14.0. The van der Waals surface area contributed by atoms with E-state index in [0.29, 0.717) is 0 Å². The molecular formula is C26H48N2O6S. The van der Waals surface area contributed by atoms with Gasteiger partial charge in [0.1, 0.15) is 6.54 Å². The number of carbonyl (C=O) groups is 3. The van der Waals surface area contributed by atoms with Crippen molar-refractivity contribution >= 4 is 29.6 Å². The first-order valence-corrected chi connectivity index (χ1v) is 14.3. The van der Waals surface area contributed by atoms with E-state index in [4.69, 9.17) is 15.9 Å². The van der Waals surface area contributed by atoms with Gasteiger partial charge >= 0.3 is 11.9 Å². The molecule has 0 spiro atoms. The number of thioether (sulfide) groups is 1. The highest BCUT2D eigenvalue weighted by Crippen LogP contribution is 2.21. The molecule has 35 heavy (non-hydrogen) atoms. The van der Waals surface area contributed by atoms with Gasteiger partial charge in [-0.15, -0.1) is 11.8 Å². The third kappa shape index (κ3) is 21.4. The summed E-state index contributed by atoms with van der Waals surface area (Å²) in [5.74, 6) is -2.51. The first-order chi connectivity index (χ1) is 16.8. The lowest BCUT2D eigenvalue weighted by Crippen LogP contribution is -2.44. The maximum absolute atomic E-state index is 11.9. The molecule has 0 saturated carbocycles. The first kappa shape index (κ1) is 33.4. The molecule has 6 N–H and O–H groups in total. The van der Waals surface area contributed by atoms with Crippen molar-refractivity contribution in [3.05, 3.63) is 12.2 Å². The molecule has 0 aromatic carbocycles. The van der Waals surface area contributed by atoms with Gasteiger partial charge in [-0.2, -0.15) is 0 Å². The Morgan fingerprint density at radius 1 is 0.886 bits per heavy atom. The molecule has 0 aliphatic rings. The largest absolute Gasteiger partial charge is 0.481 e. The van der Waals surface area contributed by atoms with E-state index in [0.717, 1.165) is 19.3 Å². The van der Waals surface area contributed by atoms with Crippen molar-refractivity contribution in [2.24, 2.45) is 5.73 Å². The van der Waals surface area contributed by atoms with E-state index in [1.807, 2.05) is 12.2 Å². The Hall–Kier alpha value is -1.58. The van der Waals surface area contributed by atoms with Crippen molar-refractivity contribution in [2.45, 2.75) is 121 Å². The van der Waals surface area contributed by atoms with Crippen LogP contribution in [0.15, 0.2) is 12.2 Å². The highest BCUT2D eigenvalue weighted by atomic mass is 32.2. The van der Waals surface area contributed by atoms with Gasteiger partial charge in [0.25, 0.3) is 0 Å². The Bertz CT molecular complexity index is 602. The maximum Gasteiger partial charge on any atom is 0.322 e. The summed E-state index contributed by atoms with van der Waals surface area (Å²) < 4.78 is 0. The molecule has 0 radical (unpaired) electrons. The number of aliphatic carboxylic acids is 2. The summed E-state index contributed by atoms with van der Waals surface area (Å²) in [7, 11) is 0. The number of hydrogen-bond acceptors (Lipinski definition) is 6. The lowest BCUT2D eigenvalue weighted by Gasteiger charge is -2.21. The van der Waals surface area contributed by atoms with Gasteiger partial charge in [-0.3, -0.25) is 14.4 Å². The van der Waals surface area contributed by atoms with Crippen molar-refractivity contribution in [3.8, 4) is 0 Å². The van der Waals surface area contributed by atoms with E-state index < -0.39 is 36.5 Å². The van der Waals surface area contributed by atoms with Crippen LogP contribution < -0.4 is 11.1 Å². The molecule has 3 atom stereocenters. The van der Waals surface area contributed by atoms with Crippen molar-refractivity contribution in [1.82, 2.24) is 5.32 Å². The predicted molar refractivity (Wildman–Crippen MR) is 143 cm³/mol. The molecule has 0 aliphatic heterocycles. The fourth-order valence-corrected chi connectivity index (χ4v) is 4.81. The Balaban J connectivity index is 4.22. The van der Waals surface area contributed by atoms with Crippen LogP contribution in [0.4, 0.5) is 0 Å². The van der Waals surface area contributed by atoms with E-state index >= 15 is 0 Å². The first-order valence-electron chi connectivity index (χ1n) is 13.2. The summed E-state index contributed by atoms with van der Waals surface area (Å²) in [6.07, 6.45) is 19.3. The molecule has 204 valence electrons. The fourth-order valence-electron chi connectivity index (χ4n) is 3.65. The molecule has 0 aromatic rings. The van der Waals surface area contributed by atoms with Gasteiger partial charge in [-0.05, 0) is 19.3 Å². The number of nitrogens with one attached hydrogen (secondary N) is 1. The van der Waals surface area contributed by atoms with Crippen LogP contribution in [0.5, 0.6) is 0 Å². The van der Waals surface area contributed by atoms with Crippen molar-refractivity contribution < 1.29 is 29.7 Å². The monoisotopic (exact) mass is 516 g/mol. The maximum atomic E-state index is 11.9. The summed E-state index contributed by atoms with van der Waals surface area (Å²) in [5, 5.41) is 29.8. The van der Waals surface area contributed by atoms with Crippen LogP contribution in [0.2, 0.25) is 0 Å². The summed E-state index contributed by atoms with van der Waals surface area (Å²) in [5.41, 5.74) is 5.83. The molecular weight excluding hydrogens is 468 g/mol. The molecule has 0 bridgehead atoms. The van der Waals surface area contributed by atoms with Crippen molar-refractivity contribution in [1.29, 1.82) is 0 Å². The number of amides is 1. The zero-order valence-corrected chi connectivity index (χ0v) is 22.3. The number of carboxylic acids is 2. The average molecular weight is 517 g/mol. The highest BCUT2D eigenvalue weighted by molar-refractivity contribution is 8.00. The minimum Gasteiger partial charge on any atom is -0.481 e. The predicted octanol–water partition coefficient (Wildman–Crippen LogP) is 4.49. The number of carboxylic acid groups (broad SMARTS) is 2. The van der Waals surface area contributed by atoms with E-state index in [1.165, 1.54) is 76.0 Å². The number of unbranched alkanes of at least 4 members (excludes halogenated alkanes) is 12. The average Bonchev–Trinajstić information content (AvgIpc) is 2.82. The van der Waals surface area contributed by atoms with Gasteiger partial charge in [-0.25, -0.2) is 0 Å². The lowest BCUT2D eigenvalue weighted by atomic mass is 10.0. The van der Waals surface area contributed by atoms with Crippen LogP contribution in [0.25, 0.3) is 0 Å². The standard InChI is InChI=1S/C26H48N2O6S/c1-2-3-4-5-6-7-8-9-10-11-12-13-14-15-16-23(22(29)17-18-24(30)31)35-20-21(27)26(34)28-19-25(32)33/h15-16,21-23,29H,2-14,17-20,27H2,1H3,(H,28,34)(H,30,31)(H,32,33). The van der Waals surface area contributed by atoms with Gasteiger partial charge in [0, 0.05) is 17.4 Å². The Kier molecular flexibility index (Phi) is 21.8. The van der Waals surface area contributed by atoms with Gasteiger partial charge in [-0.1, -0.05) is 89.7 Å². The van der Waals surface area contributed by atoms with E-state index in [2.05, 4.69) is 12.2 Å². The van der Waals surface area contributed by atoms with Crippen LogP contribution in [0.1, 0.15) is 103 Å². The zero-order valence-electron chi connectivity index (χ0n) is 21.5. The molecule has 8 nitrogen and oxygen atoms in total. The smallest absolute Gasteiger partial charge is 0.322 e. The van der Waals surface area contributed by atoms with E-state index in [1.54, 1.807) is 0 Å². The molecule has 0 fully saturated rings. The summed E-state index contributed by atoms with van der Waals surface area (Å²) >= 11 is 1.27. The Morgan fingerprint density at radius 3 is 1.94 bits per heavy atom. The number of hydrogen-bond donors (Lipinski definition) is 5. The van der Waals surface area contributed by atoms with Crippen molar-refractivity contribution in [2.75, 3.05) is 12.3 Å². The fraction of sp³-hybridized carbons (Fsp3) is 0.808. The van der Waals surface area contributed by atoms with Crippen LogP contribution >= 0.6 is 11.8 Å². The molecule has 0 heterocycles. The third-order valence-electron chi connectivity index (χ3n) is 5.80. The van der Waals surface area contributed by atoms with Gasteiger partial charge in [0.05, 0.1) is 12.1 Å². The highest BCUT2D eigenvalue weighted by Gasteiger charge is 2.21. The zero-order chi connectivity index (χ0) is 26.3. The molecule has 0 saturated heterocycles. The third-order valence-corrected chi connectivity index (χ3v) is 7.21. The Morgan fingerprint density at radius 2 is 1.43 bits per heavy atom. The molecule has 3 unspecified atom stereocenters. The second-order valence-corrected chi connectivity index (χ2v) is 10.3. The minimum absolute atomic E-state index is 0.108. The second-order valence-electron chi connectivity index (χ2n) is 9.12. The number of rotatable bonds is 24. The van der Waals surface area contributed by atoms with E-state index in [-0.39, 0.29) is 23.8 Å². The minimum atomic E-state index is -1.15. The number of allylic oxidation sites excluding steroid dienone is 1. The number of aliphatic hydroxyl groups excluding tert-OH is 1. The summed E-state index contributed by atoms with van der Waals surface area (Å²) in [6, 6.07) is -0.918. The molecule has 0 rings (SSSR count). The van der Waals surface area contributed by atoms with E-state index in [9.17, 15) is 19.5 Å². The van der Waals surface area contributed by atoms with Gasteiger partial charge in [0.15, 0.2) is 0 Å². The van der Waals surface area contributed by atoms with Crippen LogP contribution in [0, 0.1) is 0 Å². The number of aliphatic hydroxyl groups is 1. The van der Waals surface area contributed by atoms with Crippen LogP contribution in [-0.2, 0) is 14.4 Å². The Labute approximate surface area is 215 Å². The van der Waals surface area contributed by atoms with Crippen LogP contribution in [-0.4, -0.2) is 62.9 Å². The lowest BCUT2D eigenvalue weighted by molar-refractivity contribution is -0.138.